The molecule has 5 rings (SSSR count). The van der Waals surface area contributed by atoms with E-state index in [0.717, 1.165) is 34.4 Å². The van der Waals surface area contributed by atoms with Crippen molar-refractivity contribution < 1.29 is 14.2 Å². The summed E-state index contributed by atoms with van der Waals surface area (Å²) in [5, 5.41) is 21.3. The van der Waals surface area contributed by atoms with Crippen molar-refractivity contribution in [1.29, 1.82) is 0 Å². The van der Waals surface area contributed by atoms with Crippen LogP contribution in [-0.2, 0) is 11.3 Å². The van der Waals surface area contributed by atoms with E-state index < -0.39 is 5.82 Å². The third-order valence-corrected chi connectivity index (χ3v) is 6.49. The van der Waals surface area contributed by atoms with Gasteiger partial charge in [0.25, 0.3) is 5.95 Å². The molecule has 1 atom stereocenters. The Balaban J connectivity index is 1.19. The minimum atomic E-state index is -0.486. The second kappa shape index (κ2) is 12.0. The number of anilines is 3. The Labute approximate surface area is 226 Å². The predicted molar refractivity (Wildman–Crippen MR) is 148 cm³/mol. The maximum absolute atomic E-state index is 14.6. The lowest BCUT2D eigenvalue weighted by molar-refractivity contribution is 0.0798. The number of morpholine rings is 1. The molecule has 0 amide bonds. The van der Waals surface area contributed by atoms with Gasteiger partial charge in [0.05, 0.1) is 43.0 Å². The largest absolute Gasteiger partial charge is 0.508 e. The van der Waals surface area contributed by atoms with E-state index in [-0.39, 0.29) is 36.0 Å². The normalized spacial score (nSPS) is 15.7. The van der Waals surface area contributed by atoms with E-state index in [0.29, 0.717) is 19.8 Å². The van der Waals surface area contributed by atoms with Crippen molar-refractivity contribution in [3.63, 3.8) is 0 Å². The van der Waals surface area contributed by atoms with Gasteiger partial charge >= 0.3 is 0 Å². The molecule has 1 unspecified atom stereocenters. The molecule has 0 saturated carbocycles. The number of pyridine rings is 1. The van der Waals surface area contributed by atoms with Gasteiger partial charge in [-0.2, -0.15) is 10.1 Å². The number of phenolic OH excluding ortho intramolecular Hbond substituents is 1. The molecule has 0 bridgehead atoms. The SMILES string of the molecule is CC(C)C1COCCN1c1nc(N=NCc2ccc(Nc3ccc(-c4cccc(O)c4)cc3)cn2)ncc1F. The molecule has 2 aromatic heterocycles. The summed E-state index contributed by atoms with van der Waals surface area (Å²) in [5.41, 5.74) is 4.43. The summed E-state index contributed by atoms with van der Waals surface area (Å²) < 4.78 is 20.2. The fourth-order valence-electron chi connectivity index (χ4n) is 4.40. The van der Waals surface area contributed by atoms with Crippen LogP contribution in [0.2, 0.25) is 0 Å². The Morgan fingerprint density at radius 2 is 1.87 bits per heavy atom. The number of benzene rings is 2. The third kappa shape index (κ3) is 6.53. The fraction of sp³-hybridized carbons (Fsp3) is 0.276. The summed E-state index contributed by atoms with van der Waals surface area (Å²) in [6.07, 6.45) is 2.86. The van der Waals surface area contributed by atoms with Gasteiger partial charge in [-0.15, -0.1) is 5.11 Å². The number of nitrogens with one attached hydrogen (secondary N) is 1. The molecule has 9 nitrogen and oxygen atoms in total. The number of aromatic hydroxyl groups is 1. The predicted octanol–water partition coefficient (Wildman–Crippen LogP) is 6.27. The molecular formula is C29H30FN7O2. The highest BCUT2D eigenvalue weighted by molar-refractivity contribution is 5.69. The van der Waals surface area contributed by atoms with Gasteiger partial charge < -0.3 is 20.1 Å². The van der Waals surface area contributed by atoms with Crippen LogP contribution in [0.25, 0.3) is 11.1 Å². The second-order valence-electron chi connectivity index (χ2n) is 9.61. The molecule has 0 spiro atoms. The number of phenols is 1. The average molecular weight is 528 g/mol. The van der Waals surface area contributed by atoms with Gasteiger partial charge in [0.2, 0.25) is 0 Å². The highest BCUT2D eigenvalue weighted by atomic mass is 19.1. The molecule has 1 fully saturated rings. The van der Waals surface area contributed by atoms with Gasteiger partial charge in [0.1, 0.15) is 12.3 Å². The number of nitrogens with zero attached hydrogens (tertiary/aromatic N) is 6. The highest BCUT2D eigenvalue weighted by Gasteiger charge is 2.29. The molecule has 4 aromatic rings. The van der Waals surface area contributed by atoms with Gasteiger partial charge in [-0.1, -0.05) is 38.1 Å². The lowest BCUT2D eigenvalue weighted by atomic mass is 10.0. The molecule has 39 heavy (non-hydrogen) atoms. The van der Waals surface area contributed by atoms with Crippen molar-refractivity contribution >= 4 is 23.1 Å². The van der Waals surface area contributed by atoms with Crippen LogP contribution in [0.3, 0.4) is 0 Å². The molecule has 200 valence electrons. The number of azo groups is 1. The van der Waals surface area contributed by atoms with Crippen LogP contribution in [0.1, 0.15) is 19.5 Å². The van der Waals surface area contributed by atoms with E-state index >= 15 is 0 Å². The van der Waals surface area contributed by atoms with Crippen molar-refractivity contribution in [3.8, 4) is 16.9 Å². The standard InChI is InChI=1S/C29H30FN7O2/c1-19(2)27-18-39-13-12-37(27)28-26(30)17-32-29(35-28)36-33-16-23-10-11-24(15-31-23)34-22-8-6-20(7-9-22)21-4-3-5-25(38)14-21/h3-11,14-15,17,19,27,34,38H,12-13,16,18H2,1-2H3. The minimum absolute atomic E-state index is 0.0283. The third-order valence-electron chi connectivity index (χ3n) is 6.49. The van der Waals surface area contributed by atoms with Crippen molar-refractivity contribution in [2.45, 2.75) is 26.4 Å². The number of ether oxygens (including phenoxy) is 1. The van der Waals surface area contributed by atoms with Crippen LogP contribution in [0, 0.1) is 11.7 Å². The molecule has 2 N–H and O–H groups in total. The molecule has 1 aliphatic heterocycles. The van der Waals surface area contributed by atoms with Crippen LogP contribution in [-0.4, -0.2) is 45.9 Å². The first-order chi connectivity index (χ1) is 19.0. The van der Waals surface area contributed by atoms with Crippen LogP contribution in [0.5, 0.6) is 5.75 Å². The van der Waals surface area contributed by atoms with Gasteiger partial charge in [0, 0.05) is 12.2 Å². The number of rotatable bonds is 8. The molecule has 0 radical (unpaired) electrons. The smallest absolute Gasteiger partial charge is 0.270 e. The van der Waals surface area contributed by atoms with E-state index in [1.807, 2.05) is 53.4 Å². The van der Waals surface area contributed by atoms with Crippen LogP contribution < -0.4 is 10.2 Å². The lowest BCUT2D eigenvalue weighted by Gasteiger charge is -2.38. The quantitative estimate of drug-likeness (QED) is 0.260. The molecular weight excluding hydrogens is 497 g/mol. The van der Waals surface area contributed by atoms with Crippen molar-refractivity contribution in [2.24, 2.45) is 16.1 Å². The molecule has 1 saturated heterocycles. The summed E-state index contributed by atoms with van der Waals surface area (Å²) in [7, 11) is 0. The Kier molecular flexibility index (Phi) is 8.02. The Hall–Kier alpha value is -4.44. The first-order valence-corrected chi connectivity index (χ1v) is 12.8. The maximum Gasteiger partial charge on any atom is 0.270 e. The van der Waals surface area contributed by atoms with Crippen molar-refractivity contribution in [1.82, 2.24) is 15.0 Å². The zero-order valence-corrected chi connectivity index (χ0v) is 21.8. The summed E-state index contributed by atoms with van der Waals surface area (Å²) in [6, 6.07) is 18.9. The van der Waals surface area contributed by atoms with Crippen molar-refractivity contribution in [2.75, 3.05) is 30.0 Å². The molecule has 3 heterocycles. The van der Waals surface area contributed by atoms with E-state index in [1.54, 1.807) is 18.3 Å². The Morgan fingerprint density at radius 1 is 1.05 bits per heavy atom. The highest BCUT2D eigenvalue weighted by Crippen LogP contribution is 2.27. The number of hydrogen-bond acceptors (Lipinski definition) is 9. The Bertz CT molecular complexity index is 1430. The summed E-state index contributed by atoms with van der Waals surface area (Å²) in [6.45, 7) is 5.99. The van der Waals surface area contributed by atoms with E-state index in [4.69, 9.17) is 4.74 Å². The van der Waals surface area contributed by atoms with Crippen molar-refractivity contribution in [3.05, 3.63) is 84.6 Å². The first kappa shape index (κ1) is 26.2. The number of halogens is 1. The topological polar surface area (TPSA) is 108 Å². The van der Waals surface area contributed by atoms with E-state index in [2.05, 4.69) is 44.3 Å². The number of aromatic nitrogens is 3. The zero-order chi connectivity index (χ0) is 27.2. The van der Waals surface area contributed by atoms with E-state index in [9.17, 15) is 9.50 Å². The Morgan fingerprint density at radius 3 is 2.62 bits per heavy atom. The molecule has 1 aliphatic rings. The maximum atomic E-state index is 14.6. The summed E-state index contributed by atoms with van der Waals surface area (Å²) >= 11 is 0. The van der Waals surface area contributed by atoms with Crippen LogP contribution >= 0.6 is 0 Å². The molecule has 10 heteroatoms. The monoisotopic (exact) mass is 527 g/mol. The fourth-order valence-corrected chi connectivity index (χ4v) is 4.40. The summed E-state index contributed by atoms with van der Waals surface area (Å²) in [5.74, 6) is 0.359. The summed E-state index contributed by atoms with van der Waals surface area (Å²) in [4.78, 5) is 14.7. The van der Waals surface area contributed by atoms with Gasteiger partial charge in [-0.3, -0.25) is 4.98 Å². The van der Waals surface area contributed by atoms with Crippen LogP contribution in [0.4, 0.5) is 27.5 Å². The lowest BCUT2D eigenvalue weighted by Crippen LogP contribution is -2.49. The average Bonchev–Trinajstić information content (AvgIpc) is 2.95. The van der Waals surface area contributed by atoms with Gasteiger partial charge in [-0.25, -0.2) is 9.37 Å². The number of hydrogen-bond donors (Lipinski definition) is 2. The van der Waals surface area contributed by atoms with E-state index in [1.165, 1.54) is 0 Å². The van der Waals surface area contributed by atoms with Crippen LogP contribution in [0.15, 0.2) is 83.3 Å². The molecule has 0 aliphatic carbocycles. The molecule has 2 aromatic carbocycles. The second-order valence-corrected chi connectivity index (χ2v) is 9.61. The van der Waals surface area contributed by atoms with Gasteiger partial charge in [0.15, 0.2) is 11.6 Å². The first-order valence-electron chi connectivity index (χ1n) is 12.8. The zero-order valence-electron chi connectivity index (χ0n) is 21.8. The van der Waals surface area contributed by atoms with Gasteiger partial charge in [-0.05, 0) is 53.4 Å². The minimum Gasteiger partial charge on any atom is -0.508 e.